The smallest absolute Gasteiger partial charge is 0.239 e. The minimum atomic E-state index is -1.13. The van der Waals surface area contributed by atoms with E-state index in [1.165, 1.54) is 18.4 Å². The fourth-order valence-corrected chi connectivity index (χ4v) is 3.32. The number of rotatable bonds is 6. The Morgan fingerprint density at radius 3 is 2.33 bits per heavy atom. The predicted molar refractivity (Wildman–Crippen MR) is 112 cm³/mol. The second kappa shape index (κ2) is 8.73. The molecular weight excluding hydrogens is 336 g/mol. The summed E-state index contributed by atoms with van der Waals surface area (Å²) in [6.07, 6.45) is 7.93. The Morgan fingerprint density at radius 1 is 1.00 bits per heavy atom. The van der Waals surface area contributed by atoms with E-state index in [1.807, 2.05) is 24.3 Å². The molecule has 1 aromatic rings. The molecule has 1 aliphatic carbocycles. The van der Waals surface area contributed by atoms with Gasteiger partial charge in [-0.25, -0.2) is 0 Å². The highest BCUT2D eigenvalue weighted by molar-refractivity contribution is 6.10. The molecule has 0 saturated carbocycles. The van der Waals surface area contributed by atoms with Gasteiger partial charge in [0.2, 0.25) is 11.8 Å². The van der Waals surface area contributed by atoms with Crippen LogP contribution in [-0.4, -0.2) is 18.4 Å². The van der Waals surface area contributed by atoms with Gasteiger partial charge in [0.15, 0.2) is 0 Å². The summed E-state index contributed by atoms with van der Waals surface area (Å²) in [4.78, 5) is 25.5. The standard InChI is InChI=1S/C23H34N2O2/c1-22(2,3)18-13-9-10-14-19(18)25-21(27)23(4,5)20(26)24-16-15-17-11-7-6-8-12-17/h9-11,13-14H,6-8,12,15-16H2,1-5H3,(H,24,26)(H,25,27). The quantitative estimate of drug-likeness (QED) is 0.549. The van der Waals surface area contributed by atoms with Crippen LogP contribution in [0.25, 0.3) is 0 Å². The topological polar surface area (TPSA) is 58.2 Å². The van der Waals surface area contributed by atoms with Crippen LogP contribution in [-0.2, 0) is 15.0 Å². The first-order valence-electron chi connectivity index (χ1n) is 9.99. The Kier molecular flexibility index (Phi) is 6.85. The molecule has 0 bridgehead atoms. The number of nitrogens with one attached hydrogen (secondary N) is 2. The molecule has 0 atom stereocenters. The molecule has 0 fully saturated rings. The molecule has 148 valence electrons. The van der Waals surface area contributed by atoms with Crippen LogP contribution in [0.3, 0.4) is 0 Å². The van der Waals surface area contributed by atoms with E-state index in [0.29, 0.717) is 6.54 Å². The number of hydrogen-bond acceptors (Lipinski definition) is 2. The third-order valence-corrected chi connectivity index (χ3v) is 5.24. The highest BCUT2D eigenvalue weighted by Gasteiger charge is 2.36. The highest BCUT2D eigenvalue weighted by Crippen LogP contribution is 2.30. The average molecular weight is 371 g/mol. The molecular formula is C23H34N2O2. The summed E-state index contributed by atoms with van der Waals surface area (Å²) >= 11 is 0. The fourth-order valence-electron chi connectivity index (χ4n) is 3.32. The van der Waals surface area contributed by atoms with Crippen molar-refractivity contribution in [3.05, 3.63) is 41.5 Å². The van der Waals surface area contributed by atoms with Gasteiger partial charge in [-0.05, 0) is 63.0 Å². The van der Waals surface area contributed by atoms with Gasteiger partial charge in [0, 0.05) is 12.2 Å². The van der Waals surface area contributed by atoms with E-state index in [1.54, 1.807) is 13.8 Å². The van der Waals surface area contributed by atoms with E-state index in [9.17, 15) is 9.59 Å². The van der Waals surface area contributed by atoms with Crippen molar-refractivity contribution in [1.82, 2.24) is 5.32 Å². The monoisotopic (exact) mass is 370 g/mol. The summed E-state index contributed by atoms with van der Waals surface area (Å²) in [5.41, 5.74) is 2.01. The van der Waals surface area contributed by atoms with Gasteiger partial charge < -0.3 is 10.6 Å². The van der Waals surface area contributed by atoms with Gasteiger partial charge in [-0.3, -0.25) is 9.59 Å². The van der Waals surface area contributed by atoms with Gasteiger partial charge in [-0.15, -0.1) is 0 Å². The Labute approximate surface area is 163 Å². The first kappa shape index (κ1) is 21.2. The molecule has 2 N–H and O–H groups in total. The average Bonchev–Trinajstić information content (AvgIpc) is 2.62. The Morgan fingerprint density at radius 2 is 1.70 bits per heavy atom. The molecule has 2 amide bonds. The van der Waals surface area contributed by atoms with Crippen LogP contribution in [0.4, 0.5) is 5.69 Å². The summed E-state index contributed by atoms with van der Waals surface area (Å²) in [6.45, 7) is 10.3. The van der Waals surface area contributed by atoms with Crippen LogP contribution in [0.15, 0.2) is 35.9 Å². The van der Waals surface area contributed by atoms with E-state index in [-0.39, 0.29) is 17.2 Å². The number of carbonyl (C=O) groups excluding carboxylic acids is 2. The normalized spacial score (nSPS) is 15.1. The van der Waals surface area contributed by atoms with Crippen molar-refractivity contribution in [3.63, 3.8) is 0 Å². The highest BCUT2D eigenvalue weighted by atomic mass is 16.2. The van der Waals surface area contributed by atoms with Crippen LogP contribution in [0.2, 0.25) is 0 Å². The number of carbonyl (C=O) groups is 2. The second-order valence-electron chi connectivity index (χ2n) is 8.99. The van der Waals surface area contributed by atoms with E-state index < -0.39 is 5.41 Å². The first-order valence-corrected chi connectivity index (χ1v) is 9.99. The summed E-state index contributed by atoms with van der Waals surface area (Å²) in [6, 6.07) is 7.77. The maximum atomic E-state index is 12.8. The maximum absolute atomic E-state index is 12.8. The maximum Gasteiger partial charge on any atom is 0.239 e. The van der Waals surface area contributed by atoms with E-state index in [4.69, 9.17) is 0 Å². The molecule has 27 heavy (non-hydrogen) atoms. The van der Waals surface area contributed by atoms with Crippen molar-refractivity contribution in [2.24, 2.45) is 5.41 Å². The van der Waals surface area contributed by atoms with Gasteiger partial charge in [0.05, 0.1) is 0 Å². The number of anilines is 1. The number of hydrogen-bond donors (Lipinski definition) is 2. The Hall–Kier alpha value is -2.10. The summed E-state index contributed by atoms with van der Waals surface area (Å²) in [5.74, 6) is -0.516. The fraction of sp³-hybridized carbons (Fsp3) is 0.565. The zero-order valence-corrected chi connectivity index (χ0v) is 17.4. The van der Waals surface area contributed by atoms with Gasteiger partial charge in [-0.1, -0.05) is 50.6 Å². The van der Waals surface area contributed by atoms with Crippen LogP contribution >= 0.6 is 0 Å². The summed E-state index contributed by atoms with van der Waals surface area (Å²) in [5, 5.41) is 5.91. The second-order valence-corrected chi connectivity index (χ2v) is 8.99. The lowest BCUT2D eigenvalue weighted by Crippen LogP contribution is -2.45. The van der Waals surface area contributed by atoms with Crippen molar-refractivity contribution >= 4 is 17.5 Å². The SMILES string of the molecule is CC(C)(C(=O)NCCC1=CCCCC1)C(=O)Nc1ccccc1C(C)(C)C. The molecule has 0 heterocycles. The van der Waals surface area contributed by atoms with Crippen molar-refractivity contribution < 1.29 is 9.59 Å². The van der Waals surface area contributed by atoms with E-state index in [2.05, 4.69) is 37.5 Å². The van der Waals surface area contributed by atoms with E-state index >= 15 is 0 Å². The van der Waals surface area contributed by atoms with Crippen LogP contribution < -0.4 is 10.6 Å². The predicted octanol–water partition coefficient (Wildman–Crippen LogP) is 4.96. The third kappa shape index (κ3) is 5.69. The van der Waals surface area contributed by atoms with Crippen molar-refractivity contribution in [3.8, 4) is 0 Å². The molecule has 0 aromatic heterocycles. The van der Waals surface area contributed by atoms with Crippen molar-refractivity contribution in [2.45, 2.75) is 72.1 Å². The van der Waals surface area contributed by atoms with Crippen molar-refractivity contribution in [1.29, 1.82) is 0 Å². The molecule has 1 aromatic carbocycles. The molecule has 2 rings (SSSR count). The number of amides is 2. The molecule has 0 radical (unpaired) electrons. The van der Waals surface area contributed by atoms with E-state index in [0.717, 1.165) is 30.5 Å². The molecule has 0 saturated heterocycles. The molecule has 0 aliphatic heterocycles. The van der Waals surface area contributed by atoms with Gasteiger partial charge in [-0.2, -0.15) is 0 Å². The third-order valence-electron chi connectivity index (χ3n) is 5.24. The number of para-hydroxylation sites is 1. The molecule has 0 spiro atoms. The van der Waals surface area contributed by atoms with Crippen LogP contribution in [0.1, 0.15) is 72.3 Å². The summed E-state index contributed by atoms with van der Waals surface area (Å²) in [7, 11) is 0. The lowest BCUT2D eigenvalue weighted by molar-refractivity contribution is -0.138. The lowest BCUT2D eigenvalue weighted by atomic mass is 9.85. The number of allylic oxidation sites excluding steroid dienone is 1. The van der Waals surface area contributed by atoms with Crippen LogP contribution in [0, 0.1) is 5.41 Å². The molecule has 1 aliphatic rings. The lowest BCUT2D eigenvalue weighted by Gasteiger charge is -2.27. The minimum absolute atomic E-state index is 0.0933. The molecule has 4 heteroatoms. The van der Waals surface area contributed by atoms with Crippen molar-refractivity contribution in [2.75, 3.05) is 11.9 Å². The van der Waals surface area contributed by atoms with Gasteiger partial charge >= 0.3 is 0 Å². The van der Waals surface area contributed by atoms with Crippen LogP contribution in [0.5, 0.6) is 0 Å². The Balaban J connectivity index is 1.98. The Bertz CT molecular complexity index is 711. The first-order chi connectivity index (χ1) is 12.6. The molecule has 0 unspecified atom stereocenters. The minimum Gasteiger partial charge on any atom is -0.355 e. The zero-order chi connectivity index (χ0) is 20.1. The largest absolute Gasteiger partial charge is 0.355 e. The summed E-state index contributed by atoms with van der Waals surface area (Å²) < 4.78 is 0. The van der Waals surface area contributed by atoms with Gasteiger partial charge in [0.25, 0.3) is 0 Å². The zero-order valence-electron chi connectivity index (χ0n) is 17.4. The molecule has 4 nitrogen and oxygen atoms in total. The van der Waals surface area contributed by atoms with Gasteiger partial charge in [0.1, 0.15) is 5.41 Å². The number of benzene rings is 1.